The highest BCUT2D eigenvalue weighted by atomic mass is 32.1. The molecule has 6 heteroatoms. The second-order valence-corrected chi connectivity index (χ2v) is 6.99. The fourth-order valence-electron chi connectivity index (χ4n) is 2.64. The van der Waals surface area contributed by atoms with Gasteiger partial charge in [0.15, 0.2) is 5.13 Å². The number of ether oxygens (including phenoxy) is 1. The molecule has 0 spiro atoms. The minimum Gasteiger partial charge on any atom is -0.375 e. The molecule has 1 amide bonds. The van der Waals surface area contributed by atoms with E-state index in [4.69, 9.17) is 4.74 Å². The van der Waals surface area contributed by atoms with E-state index in [1.807, 2.05) is 13.8 Å². The Morgan fingerprint density at radius 2 is 2.09 bits per heavy atom. The number of amides is 1. The average molecular weight is 331 g/mol. The van der Waals surface area contributed by atoms with Crippen LogP contribution in [0.25, 0.3) is 11.3 Å². The van der Waals surface area contributed by atoms with Crippen molar-refractivity contribution in [3.63, 3.8) is 0 Å². The number of thiazole rings is 1. The Morgan fingerprint density at radius 1 is 1.35 bits per heavy atom. The monoisotopic (exact) mass is 331 g/mol. The number of hydrogen-bond acceptors (Lipinski definition) is 5. The van der Waals surface area contributed by atoms with Gasteiger partial charge in [-0.15, -0.1) is 11.3 Å². The number of hydrogen-bond donors (Lipinski definition) is 2. The van der Waals surface area contributed by atoms with E-state index in [0.29, 0.717) is 18.3 Å². The molecule has 122 valence electrons. The minimum absolute atomic E-state index is 0.0959. The van der Waals surface area contributed by atoms with Gasteiger partial charge in [-0.1, -0.05) is 29.8 Å². The summed E-state index contributed by atoms with van der Waals surface area (Å²) < 4.78 is 5.52. The Hall–Kier alpha value is -1.76. The van der Waals surface area contributed by atoms with Gasteiger partial charge >= 0.3 is 0 Å². The summed E-state index contributed by atoms with van der Waals surface area (Å²) in [7, 11) is 0. The van der Waals surface area contributed by atoms with Crippen LogP contribution in [0.15, 0.2) is 24.3 Å². The number of nitrogens with zero attached hydrogens (tertiary/aromatic N) is 1. The summed E-state index contributed by atoms with van der Waals surface area (Å²) in [6.07, 6.45) is -0.138. The molecule has 0 radical (unpaired) electrons. The van der Waals surface area contributed by atoms with E-state index in [1.165, 1.54) is 16.9 Å². The molecular formula is C17H21N3O2S. The highest BCUT2D eigenvalue weighted by molar-refractivity contribution is 7.16. The molecular weight excluding hydrogens is 310 g/mol. The van der Waals surface area contributed by atoms with E-state index in [0.717, 1.165) is 16.1 Å². The molecule has 2 atom stereocenters. The van der Waals surface area contributed by atoms with Gasteiger partial charge < -0.3 is 15.4 Å². The van der Waals surface area contributed by atoms with Crippen LogP contribution in [0.5, 0.6) is 0 Å². The number of carbonyl (C=O) groups excluding carboxylic acids is 1. The van der Waals surface area contributed by atoms with Crippen molar-refractivity contribution in [2.75, 3.05) is 18.5 Å². The van der Waals surface area contributed by atoms with Crippen LogP contribution in [0.2, 0.25) is 0 Å². The highest BCUT2D eigenvalue weighted by Gasteiger charge is 2.29. The molecule has 0 aliphatic carbocycles. The summed E-state index contributed by atoms with van der Waals surface area (Å²) in [4.78, 5) is 18.1. The first-order valence-corrected chi connectivity index (χ1v) is 8.56. The van der Waals surface area contributed by atoms with Gasteiger partial charge in [-0.3, -0.25) is 4.79 Å². The van der Waals surface area contributed by atoms with Crippen molar-refractivity contribution < 1.29 is 9.53 Å². The summed E-state index contributed by atoms with van der Waals surface area (Å²) in [5.41, 5.74) is 3.20. The van der Waals surface area contributed by atoms with Crippen molar-refractivity contribution in [2.45, 2.75) is 32.9 Å². The first kappa shape index (κ1) is 16.1. The molecule has 1 aliphatic rings. The van der Waals surface area contributed by atoms with Crippen LogP contribution in [0.4, 0.5) is 5.13 Å². The SMILES string of the molecule is Cc1ccc(-c2nc(NC(=O)[C@H]3NCCO[C@@H]3C)sc2C)cc1. The number of benzene rings is 1. The second kappa shape index (κ2) is 6.78. The van der Waals surface area contributed by atoms with Crippen LogP contribution >= 0.6 is 11.3 Å². The topological polar surface area (TPSA) is 63.2 Å². The molecule has 1 aromatic heterocycles. The Morgan fingerprint density at radius 3 is 2.78 bits per heavy atom. The zero-order valence-corrected chi connectivity index (χ0v) is 14.4. The van der Waals surface area contributed by atoms with Crippen LogP contribution in [-0.2, 0) is 9.53 Å². The highest BCUT2D eigenvalue weighted by Crippen LogP contribution is 2.30. The largest absolute Gasteiger partial charge is 0.375 e. The number of anilines is 1. The Balaban J connectivity index is 1.75. The lowest BCUT2D eigenvalue weighted by Gasteiger charge is -2.28. The van der Waals surface area contributed by atoms with Crippen molar-refractivity contribution >= 4 is 22.4 Å². The molecule has 2 heterocycles. The average Bonchev–Trinajstić information content (AvgIpc) is 2.89. The molecule has 1 aliphatic heterocycles. The van der Waals surface area contributed by atoms with E-state index in [2.05, 4.69) is 46.8 Å². The molecule has 0 unspecified atom stereocenters. The number of nitrogens with one attached hydrogen (secondary N) is 2. The standard InChI is InChI=1S/C17H21N3O2S/c1-10-4-6-13(7-5-10)15-12(3)23-17(19-15)20-16(21)14-11(2)22-9-8-18-14/h4-7,11,14,18H,8-9H2,1-3H3,(H,19,20,21)/t11-,14+/m1/s1. The third-order valence-corrected chi connectivity index (χ3v) is 4.84. The zero-order valence-electron chi connectivity index (χ0n) is 13.6. The van der Waals surface area contributed by atoms with Gasteiger partial charge in [0, 0.05) is 17.0 Å². The van der Waals surface area contributed by atoms with Crippen LogP contribution in [0.3, 0.4) is 0 Å². The quantitative estimate of drug-likeness (QED) is 0.908. The van der Waals surface area contributed by atoms with Gasteiger partial charge in [-0.05, 0) is 20.8 Å². The summed E-state index contributed by atoms with van der Waals surface area (Å²) in [5, 5.41) is 6.73. The van der Waals surface area contributed by atoms with E-state index in [9.17, 15) is 4.79 Å². The van der Waals surface area contributed by atoms with Crippen molar-refractivity contribution in [1.82, 2.24) is 10.3 Å². The predicted molar refractivity (Wildman–Crippen MR) is 92.9 cm³/mol. The molecule has 0 bridgehead atoms. The molecule has 23 heavy (non-hydrogen) atoms. The normalized spacial score (nSPS) is 21.2. The maximum absolute atomic E-state index is 12.4. The molecule has 1 aromatic carbocycles. The van der Waals surface area contributed by atoms with Crippen molar-refractivity contribution in [3.05, 3.63) is 34.7 Å². The third-order valence-electron chi connectivity index (χ3n) is 3.95. The molecule has 5 nitrogen and oxygen atoms in total. The van der Waals surface area contributed by atoms with Gasteiger partial charge in [-0.25, -0.2) is 4.98 Å². The van der Waals surface area contributed by atoms with Gasteiger partial charge in [0.25, 0.3) is 0 Å². The van der Waals surface area contributed by atoms with Crippen LogP contribution in [-0.4, -0.2) is 36.2 Å². The first-order chi connectivity index (χ1) is 11.0. The van der Waals surface area contributed by atoms with Crippen LogP contribution < -0.4 is 10.6 Å². The lowest BCUT2D eigenvalue weighted by molar-refractivity contribution is -0.123. The lowest BCUT2D eigenvalue weighted by Crippen LogP contribution is -2.53. The predicted octanol–water partition coefficient (Wildman–Crippen LogP) is 2.74. The summed E-state index contributed by atoms with van der Waals surface area (Å²) in [6.45, 7) is 7.31. The van der Waals surface area contributed by atoms with Crippen LogP contribution in [0.1, 0.15) is 17.4 Å². The number of aromatic nitrogens is 1. The molecule has 2 aromatic rings. The van der Waals surface area contributed by atoms with Crippen molar-refractivity contribution in [3.8, 4) is 11.3 Å². The van der Waals surface area contributed by atoms with Gasteiger partial charge in [0.05, 0.1) is 18.4 Å². The molecule has 1 fully saturated rings. The minimum atomic E-state index is -0.337. The van der Waals surface area contributed by atoms with E-state index in [1.54, 1.807) is 0 Å². The first-order valence-electron chi connectivity index (χ1n) is 7.75. The van der Waals surface area contributed by atoms with E-state index >= 15 is 0 Å². The number of carbonyl (C=O) groups is 1. The Kier molecular flexibility index (Phi) is 4.75. The van der Waals surface area contributed by atoms with Gasteiger partial charge in [-0.2, -0.15) is 0 Å². The molecule has 2 N–H and O–H groups in total. The number of morpholine rings is 1. The zero-order chi connectivity index (χ0) is 16.4. The molecule has 3 rings (SSSR count). The van der Waals surface area contributed by atoms with Crippen LogP contribution in [0, 0.1) is 13.8 Å². The van der Waals surface area contributed by atoms with Crippen molar-refractivity contribution in [1.29, 1.82) is 0 Å². The van der Waals surface area contributed by atoms with E-state index < -0.39 is 0 Å². The Labute approximate surface area is 140 Å². The number of rotatable bonds is 3. The van der Waals surface area contributed by atoms with Gasteiger partial charge in [0.2, 0.25) is 5.91 Å². The smallest absolute Gasteiger partial charge is 0.245 e. The summed E-state index contributed by atoms with van der Waals surface area (Å²) >= 11 is 1.50. The fourth-order valence-corrected chi connectivity index (χ4v) is 3.48. The molecule has 0 saturated carbocycles. The third kappa shape index (κ3) is 3.60. The van der Waals surface area contributed by atoms with E-state index in [-0.39, 0.29) is 18.1 Å². The summed E-state index contributed by atoms with van der Waals surface area (Å²) in [6, 6.07) is 7.91. The Bertz CT molecular complexity index is 696. The molecule has 1 saturated heterocycles. The summed E-state index contributed by atoms with van der Waals surface area (Å²) in [5.74, 6) is -0.0959. The number of aryl methyl sites for hydroxylation is 2. The van der Waals surface area contributed by atoms with Crippen molar-refractivity contribution in [2.24, 2.45) is 0 Å². The maximum atomic E-state index is 12.4. The second-order valence-electron chi connectivity index (χ2n) is 5.79. The fraction of sp³-hybridized carbons (Fsp3) is 0.412. The van der Waals surface area contributed by atoms with Gasteiger partial charge in [0.1, 0.15) is 6.04 Å². The maximum Gasteiger partial charge on any atom is 0.245 e. The lowest BCUT2D eigenvalue weighted by atomic mass is 10.1.